The predicted octanol–water partition coefficient (Wildman–Crippen LogP) is 4.82. The second kappa shape index (κ2) is 17.3. The minimum atomic E-state index is 0.337. The number of aliphatic hydroxyl groups excluding tert-OH is 1. The number of aliphatic imine (C=N–C) groups is 1. The van der Waals surface area contributed by atoms with Gasteiger partial charge in [0.15, 0.2) is 6.29 Å². The van der Waals surface area contributed by atoms with Crippen LogP contribution in [0.5, 0.6) is 0 Å². The van der Waals surface area contributed by atoms with E-state index in [1.54, 1.807) is 7.05 Å². The summed E-state index contributed by atoms with van der Waals surface area (Å²) >= 11 is 7.39. The van der Waals surface area contributed by atoms with Crippen LogP contribution in [-0.4, -0.2) is 44.5 Å². The molecular weight excluding hydrogens is 406 g/mol. The molecule has 0 fully saturated rings. The number of benzene rings is 1. The average Bonchev–Trinajstić information content (AvgIpc) is 3.11. The van der Waals surface area contributed by atoms with E-state index in [0.29, 0.717) is 17.3 Å². The fourth-order valence-electron chi connectivity index (χ4n) is 2.35. The lowest BCUT2D eigenvalue weighted by molar-refractivity contribution is -0.105. The van der Waals surface area contributed by atoms with Gasteiger partial charge >= 0.3 is 0 Å². The van der Waals surface area contributed by atoms with Crippen LogP contribution in [-0.2, 0) is 4.79 Å². The zero-order valence-corrected chi connectivity index (χ0v) is 19.7. The molecule has 0 bridgehead atoms. The molecule has 5 nitrogen and oxygen atoms in total. The quantitative estimate of drug-likeness (QED) is 0.400. The number of carbonyl (C=O) groups excluding carboxylic acids is 1. The Bertz CT molecular complexity index is 680. The lowest BCUT2D eigenvalue weighted by atomic mass is 10.2. The molecule has 0 unspecified atom stereocenters. The zero-order chi connectivity index (χ0) is 22.1. The van der Waals surface area contributed by atoms with E-state index in [9.17, 15) is 4.79 Å². The summed E-state index contributed by atoms with van der Waals surface area (Å²) in [5.74, 6) is 0.723. The highest BCUT2D eigenvalue weighted by Crippen LogP contribution is 2.37. The molecule has 0 saturated carbocycles. The molecule has 29 heavy (non-hydrogen) atoms. The van der Waals surface area contributed by atoms with E-state index in [1.807, 2.05) is 58.2 Å². The third-order valence-electron chi connectivity index (χ3n) is 3.75. The Kier molecular flexibility index (Phi) is 16.3. The van der Waals surface area contributed by atoms with Gasteiger partial charge in [0.1, 0.15) is 5.84 Å². The number of rotatable bonds is 8. The molecule has 3 N–H and O–H groups in total. The van der Waals surface area contributed by atoms with E-state index >= 15 is 0 Å². The Balaban J connectivity index is 0.000000664. The SMILES string of the molecule is C/C=C1\C(=NC)NC(C=O)=C1Sc1ccc(Cl)cc1.CC.CNCCCCCO. The van der Waals surface area contributed by atoms with Gasteiger partial charge in [-0.1, -0.05) is 43.3 Å². The summed E-state index contributed by atoms with van der Waals surface area (Å²) in [6, 6.07) is 7.52. The summed E-state index contributed by atoms with van der Waals surface area (Å²) in [5.41, 5.74) is 1.50. The maximum atomic E-state index is 11.1. The lowest BCUT2D eigenvalue weighted by Gasteiger charge is -2.05. The van der Waals surface area contributed by atoms with Crippen LogP contribution in [0, 0.1) is 0 Å². The molecule has 7 heteroatoms. The van der Waals surface area contributed by atoms with Crippen molar-refractivity contribution in [1.29, 1.82) is 0 Å². The lowest BCUT2D eigenvalue weighted by Crippen LogP contribution is -2.17. The minimum absolute atomic E-state index is 0.337. The van der Waals surface area contributed by atoms with E-state index < -0.39 is 0 Å². The maximum absolute atomic E-state index is 11.1. The predicted molar refractivity (Wildman–Crippen MR) is 127 cm³/mol. The van der Waals surface area contributed by atoms with Crippen LogP contribution < -0.4 is 10.6 Å². The van der Waals surface area contributed by atoms with Crippen molar-refractivity contribution < 1.29 is 9.90 Å². The van der Waals surface area contributed by atoms with Crippen molar-refractivity contribution in [1.82, 2.24) is 10.6 Å². The van der Waals surface area contributed by atoms with Gasteiger partial charge in [0.05, 0.1) is 5.70 Å². The van der Waals surface area contributed by atoms with Crippen LogP contribution in [0.15, 0.2) is 56.4 Å². The molecule has 0 spiro atoms. The van der Waals surface area contributed by atoms with Gasteiger partial charge in [-0.25, -0.2) is 0 Å². The van der Waals surface area contributed by atoms with Gasteiger partial charge in [0, 0.05) is 34.1 Å². The Labute approximate surface area is 184 Å². The van der Waals surface area contributed by atoms with Crippen LogP contribution in [0.4, 0.5) is 0 Å². The number of hydrogen-bond donors (Lipinski definition) is 3. The highest BCUT2D eigenvalue weighted by molar-refractivity contribution is 8.03. The Hall–Kier alpha value is -1.60. The molecule has 0 atom stereocenters. The number of allylic oxidation sites excluding steroid dienone is 2. The van der Waals surface area contributed by atoms with Crippen molar-refractivity contribution in [3.63, 3.8) is 0 Å². The van der Waals surface area contributed by atoms with Gasteiger partial charge in [-0.2, -0.15) is 0 Å². The zero-order valence-electron chi connectivity index (χ0n) is 18.1. The van der Waals surface area contributed by atoms with Crippen LogP contribution >= 0.6 is 23.4 Å². The number of aldehydes is 1. The molecule has 0 saturated heterocycles. The number of unbranched alkanes of at least 4 members (excludes halogenated alkanes) is 2. The molecule has 0 radical (unpaired) electrons. The Morgan fingerprint density at radius 2 is 1.86 bits per heavy atom. The Morgan fingerprint density at radius 1 is 1.21 bits per heavy atom. The number of thioether (sulfide) groups is 1. The summed E-state index contributed by atoms with van der Waals surface area (Å²) in [7, 11) is 3.64. The smallest absolute Gasteiger partial charge is 0.167 e. The summed E-state index contributed by atoms with van der Waals surface area (Å²) in [6.07, 6.45) is 6.03. The average molecular weight is 440 g/mol. The van der Waals surface area contributed by atoms with E-state index in [2.05, 4.69) is 15.6 Å². The molecule has 0 aliphatic carbocycles. The number of aliphatic hydroxyl groups is 1. The maximum Gasteiger partial charge on any atom is 0.167 e. The molecule has 1 aliphatic heterocycles. The van der Waals surface area contributed by atoms with Gasteiger partial charge in [0.2, 0.25) is 0 Å². The number of amidine groups is 1. The van der Waals surface area contributed by atoms with Gasteiger partial charge in [0.25, 0.3) is 0 Å². The summed E-state index contributed by atoms with van der Waals surface area (Å²) < 4.78 is 0. The molecule has 1 heterocycles. The second-order valence-corrected chi connectivity index (χ2v) is 7.22. The van der Waals surface area contributed by atoms with Gasteiger partial charge in [-0.3, -0.25) is 9.79 Å². The minimum Gasteiger partial charge on any atom is -0.396 e. The monoisotopic (exact) mass is 439 g/mol. The van der Waals surface area contributed by atoms with Crippen molar-refractivity contribution in [3.8, 4) is 0 Å². The third-order valence-corrected chi connectivity index (χ3v) is 5.15. The third kappa shape index (κ3) is 10.1. The molecule has 2 rings (SSSR count). The van der Waals surface area contributed by atoms with Crippen molar-refractivity contribution in [3.05, 3.63) is 51.5 Å². The van der Waals surface area contributed by atoms with Crippen molar-refractivity contribution >= 4 is 35.5 Å². The number of nitrogens with one attached hydrogen (secondary N) is 2. The van der Waals surface area contributed by atoms with Crippen molar-refractivity contribution in [2.45, 2.75) is 44.9 Å². The van der Waals surface area contributed by atoms with Crippen LogP contribution in [0.3, 0.4) is 0 Å². The summed E-state index contributed by atoms with van der Waals surface area (Å²) in [4.78, 5) is 17.2. The Morgan fingerprint density at radius 3 is 2.34 bits per heavy atom. The first-order valence-corrected chi connectivity index (χ1v) is 11.1. The topological polar surface area (TPSA) is 73.7 Å². The first-order valence-electron chi connectivity index (χ1n) is 9.90. The van der Waals surface area contributed by atoms with Crippen LogP contribution in [0.2, 0.25) is 5.02 Å². The summed E-state index contributed by atoms with van der Waals surface area (Å²) in [6.45, 7) is 7.34. The van der Waals surface area contributed by atoms with E-state index in [-0.39, 0.29) is 0 Å². The summed E-state index contributed by atoms with van der Waals surface area (Å²) in [5, 5.41) is 15.1. The molecule has 0 amide bonds. The highest BCUT2D eigenvalue weighted by atomic mass is 35.5. The molecule has 1 aliphatic rings. The number of nitrogens with zero attached hydrogens (tertiary/aromatic N) is 1. The standard InChI is InChI=1S/C14H13ClN2OS.C6H15NO.C2H6/c1-3-11-13(12(8-18)17-14(11)16-2)19-10-6-4-9(15)5-7-10;1-7-5-3-2-4-6-8;1-2/h3-8H,1-2H3,(H,16,17);7-8H,2-6H2,1H3;1-2H3/b11-3-;;. The second-order valence-electron chi connectivity index (χ2n) is 5.70. The first-order chi connectivity index (χ1) is 14.1. The van der Waals surface area contributed by atoms with Crippen molar-refractivity contribution in [2.75, 3.05) is 27.2 Å². The van der Waals surface area contributed by atoms with E-state index in [0.717, 1.165) is 46.9 Å². The van der Waals surface area contributed by atoms with E-state index in [1.165, 1.54) is 18.2 Å². The molecular formula is C22H34ClN3O2S. The fourth-order valence-corrected chi connectivity index (χ4v) is 3.52. The fraction of sp³-hybridized carbons (Fsp3) is 0.455. The first kappa shape index (κ1) is 27.4. The van der Waals surface area contributed by atoms with E-state index in [4.69, 9.17) is 16.7 Å². The van der Waals surface area contributed by atoms with Crippen LogP contribution in [0.1, 0.15) is 40.0 Å². The molecule has 0 aromatic heterocycles. The normalized spacial score (nSPS) is 15.4. The van der Waals surface area contributed by atoms with Crippen LogP contribution in [0.25, 0.3) is 0 Å². The van der Waals surface area contributed by atoms with Gasteiger partial charge in [-0.05, 0) is 64.0 Å². The van der Waals surface area contributed by atoms with Gasteiger partial charge < -0.3 is 15.7 Å². The number of carbonyl (C=O) groups is 1. The van der Waals surface area contributed by atoms with Gasteiger partial charge in [-0.15, -0.1) is 0 Å². The molecule has 1 aromatic rings. The highest BCUT2D eigenvalue weighted by Gasteiger charge is 2.25. The number of hydrogen-bond acceptors (Lipinski definition) is 5. The van der Waals surface area contributed by atoms with Crippen molar-refractivity contribution in [2.24, 2.45) is 4.99 Å². The molecule has 1 aromatic carbocycles. The number of halogens is 1. The molecule has 162 valence electrons. The largest absolute Gasteiger partial charge is 0.396 e.